The SMILES string of the molecule is CCCCN(C)Cc1cn(C2CCOC2)nc1-c1ccc(OC(C)C)cc1. The molecule has 5 nitrogen and oxygen atoms in total. The van der Waals surface area contributed by atoms with Gasteiger partial charge < -0.3 is 14.4 Å². The molecule has 27 heavy (non-hydrogen) atoms. The quantitative estimate of drug-likeness (QED) is 0.649. The van der Waals surface area contributed by atoms with Gasteiger partial charge in [-0.1, -0.05) is 13.3 Å². The van der Waals surface area contributed by atoms with E-state index in [0.717, 1.165) is 49.7 Å². The molecule has 0 N–H and O–H groups in total. The van der Waals surface area contributed by atoms with E-state index in [2.05, 4.69) is 41.9 Å². The Morgan fingerprint density at radius 3 is 2.70 bits per heavy atom. The number of hydrogen-bond donors (Lipinski definition) is 0. The van der Waals surface area contributed by atoms with Crippen LogP contribution in [0.5, 0.6) is 5.75 Å². The molecule has 148 valence electrons. The average molecular weight is 372 g/mol. The Hall–Kier alpha value is -1.85. The van der Waals surface area contributed by atoms with E-state index in [0.29, 0.717) is 6.04 Å². The Morgan fingerprint density at radius 2 is 2.07 bits per heavy atom. The number of nitrogens with zero attached hydrogens (tertiary/aromatic N) is 3. The van der Waals surface area contributed by atoms with Crippen molar-refractivity contribution in [3.63, 3.8) is 0 Å². The van der Waals surface area contributed by atoms with Crippen molar-refractivity contribution >= 4 is 0 Å². The second-order valence-corrected chi connectivity index (χ2v) is 7.78. The molecule has 0 bridgehead atoms. The predicted molar refractivity (Wildman–Crippen MR) is 109 cm³/mol. The molecule has 1 aromatic carbocycles. The van der Waals surface area contributed by atoms with Crippen molar-refractivity contribution in [2.45, 2.75) is 58.7 Å². The zero-order chi connectivity index (χ0) is 19.2. The van der Waals surface area contributed by atoms with Crippen molar-refractivity contribution in [3.05, 3.63) is 36.0 Å². The van der Waals surface area contributed by atoms with Gasteiger partial charge in [0.1, 0.15) is 5.75 Å². The molecule has 0 spiro atoms. The molecule has 2 aromatic rings. The molecule has 0 saturated carbocycles. The monoisotopic (exact) mass is 371 g/mol. The molecule has 1 aliphatic rings. The lowest BCUT2D eigenvalue weighted by atomic mass is 10.1. The third kappa shape index (κ3) is 5.33. The molecule has 1 aliphatic heterocycles. The first-order chi connectivity index (χ1) is 13.1. The molecule has 0 radical (unpaired) electrons. The lowest BCUT2D eigenvalue weighted by molar-refractivity contribution is 0.184. The highest BCUT2D eigenvalue weighted by molar-refractivity contribution is 5.63. The normalized spacial score (nSPS) is 17.2. The Kier molecular flexibility index (Phi) is 6.91. The maximum atomic E-state index is 5.78. The van der Waals surface area contributed by atoms with Crippen LogP contribution in [0.15, 0.2) is 30.5 Å². The van der Waals surface area contributed by atoms with Crippen molar-refractivity contribution in [1.82, 2.24) is 14.7 Å². The Bertz CT molecular complexity index is 703. The van der Waals surface area contributed by atoms with Crippen LogP contribution < -0.4 is 4.74 Å². The van der Waals surface area contributed by atoms with Gasteiger partial charge in [0, 0.05) is 30.5 Å². The highest BCUT2D eigenvalue weighted by Gasteiger charge is 2.21. The van der Waals surface area contributed by atoms with Gasteiger partial charge >= 0.3 is 0 Å². The first-order valence-electron chi connectivity index (χ1n) is 10.2. The number of benzene rings is 1. The maximum Gasteiger partial charge on any atom is 0.119 e. The van der Waals surface area contributed by atoms with Crippen LogP contribution in [0.2, 0.25) is 0 Å². The van der Waals surface area contributed by atoms with E-state index < -0.39 is 0 Å². The predicted octanol–water partition coefficient (Wildman–Crippen LogP) is 4.53. The van der Waals surface area contributed by atoms with Crippen molar-refractivity contribution < 1.29 is 9.47 Å². The first kappa shape index (κ1) is 19.9. The van der Waals surface area contributed by atoms with Crippen LogP contribution in [0.1, 0.15) is 51.6 Å². The number of rotatable bonds is 9. The van der Waals surface area contributed by atoms with E-state index >= 15 is 0 Å². The minimum absolute atomic E-state index is 0.181. The number of hydrogen-bond acceptors (Lipinski definition) is 4. The largest absolute Gasteiger partial charge is 0.491 e. The highest BCUT2D eigenvalue weighted by atomic mass is 16.5. The number of unbranched alkanes of at least 4 members (excludes halogenated alkanes) is 1. The second kappa shape index (κ2) is 9.38. The van der Waals surface area contributed by atoms with Crippen LogP contribution in [0, 0.1) is 0 Å². The molecule has 1 fully saturated rings. The fourth-order valence-corrected chi connectivity index (χ4v) is 3.47. The van der Waals surface area contributed by atoms with Crippen LogP contribution in [0.4, 0.5) is 0 Å². The molecule has 1 atom stereocenters. The van der Waals surface area contributed by atoms with Crippen LogP contribution in [-0.2, 0) is 11.3 Å². The summed E-state index contributed by atoms with van der Waals surface area (Å²) >= 11 is 0. The summed E-state index contributed by atoms with van der Waals surface area (Å²) in [6.07, 6.45) is 5.87. The van der Waals surface area contributed by atoms with Crippen LogP contribution in [0.3, 0.4) is 0 Å². The average Bonchev–Trinajstić information content (AvgIpc) is 3.30. The summed E-state index contributed by atoms with van der Waals surface area (Å²) in [6, 6.07) is 8.66. The van der Waals surface area contributed by atoms with Gasteiger partial charge in [0.25, 0.3) is 0 Å². The Morgan fingerprint density at radius 1 is 1.30 bits per heavy atom. The van der Waals surface area contributed by atoms with Crippen molar-refractivity contribution in [2.75, 3.05) is 26.8 Å². The van der Waals surface area contributed by atoms with Gasteiger partial charge in [0.15, 0.2) is 0 Å². The van der Waals surface area contributed by atoms with Gasteiger partial charge in [-0.2, -0.15) is 5.10 Å². The van der Waals surface area contributed by atoms with E-state index in [9.17, 15) is 0 Å². The molecule has 5 heteroatoms. The lowest BCUT2D eigenvalue weighted by Crippen LogP contribution is -2.19. The summed E-state index contributed by atoms with van der Waals surface area (Å²) in [5.74, 6) is 0.902. The fraction of sp³-hybridized carbons (Fsp3) is 0.591. The molecule has 2 heterocycles. The maximum absolute atomic E-state index is 5.78. The van der Waals surface area contributed by atoms with E-state index in [1.54, 1.807) is 0 Å². The number of ether oxygens (including phenoxy) is 2. The van der Waals surface area contributed by atoms with Crippen molar-refractivity contribution in [2.24, 2.45) is 0 Å². The zero-order valence-corrected chi connectivity index (χ0v) is 17.1. The van der Waals surface area contributed by atoms with Gasteiger partial charge in [-0.3, -0.25) is 4.68 Å². The molecule has 3 rings (SSSR count). The molecular formula is C22H33N3O2. The third-order valence-electron chi connectivity index (χ3n) is 4.92. The Labute approximate surface area is 163 Å². The molecule has 1 aromatic heterocycles. The molecule has 1 saturated heterocycles. The lowest BCUT2D eigenvalue weighted by Gasteiger charge is -2.16. The van der Waals surface area contributed by atoms with Gasteiger partial charge in [-0.25, -0.2) is 0 Å². The van der Waals surface area contributed by atoms with Gasteiger partial charge in [-0.05, 0) is 64.5 Å². The van der Waals surface area contributed by atoms with Crippen molar-refractivity contribution in [1.29, 1.82) is 0 Å². The standard InChI is InChI=1S/C22H33N3O2/c1-5-6-12-24(4)14-19-15-25(20-11-13-26-16-20)23-22(19)18-7-9-21(10-8-18)27-17(2)3/h7-10,15,17,20H,5-6,11-14,16H2,1-4H3. The van der Waals surface area contributed by atoms with E-state index in [4.69, 9.17) is 14.6 Å². The third-order valence-corrected chi connectivity index (χ3v) is 4.92. The highest BCUT2D eigenvalue weighted by Crippen LogP contribution is 2.28. The number of aromatic nitrogens is 2. The summed E-state index contributed by atoms with van der Waals surface area (Å²) in [7, 11) is 2.19. The molecule has 1 unspecified atom stereocenters. The molecule has 0 aliphatic carbocycles. The zero-order valence-electron chi connectivity index (χ0n) is 17.1. The fourth-order valence-electron chi connectivity index (χ4n) is 3.47. The van der Waals surface area contributed by atoms with Crippen LogP contribution >= 0.6 is 0 Å². The summed E-state index contributed by atoms with van der Waals surface area (Å²) in [5.41, 5.74) is 3.49. The minimum Gasteiger partial charge on any atom is -0.491 e. The Balaban J connectivity index is 1.84. The van der Waals surface area contributed by atoms with E-state index in [1.165, 1.54) is 18.4 Å². The van der Waals surface area contributed by atoms with Crippen LogP contribution in [0.25, 0.3) is 11.3 Å². The summed E-state index contributed by atoms with van der Waals surface area (Å²) in [5, 5.41) is 4.96. The van der Waals surface area contributed by atoms with Gasteiger partial charge in [0.05, 0.1) is 24.4 Å². The first-order valence-corrected chi connectivity index (χ1v) is 10.2. The smallest absolute Gasteiger partial charge is 0.119 e. The van der Waals surface area contributed by atoms with Crippen LogP contribution in [-0.4, -0.2) is 47.6 Å². The summed E-state index contributed by atoms with van der Waals surface area (Å²) < 4.78 is 13.5. The summed E-state index contributed by atoms with van der Waals surface area (Å²) in [4.78, 5) is 2.38. The van der Waals surface area contributed by atoms with E-state index in [-0.39, 0.29) is 6.10 Å². The van der Waals surface area contributed by atoms with Crippen molar-refractivity contribution in [3.8, 4) is 17.0 Å². The second-order valence-electron chi connectivity index (χ2n) is 7.78. The molecular weight excluding hydrogens is 338 g/mol. The van der Waals surface area contributed by atoms with Gasteiger partial charge in [0.2, 0.25) is 0 Å². The van der Waals surface area contributed by atoms with Gasteiger partial charge in [-0.15, -0.1) is 0 Å². The minimum atomic E-state index is 0.181. The summed E-state index contributed by atoms with van der Waals surface area (Å²) in [6.45, 7) is 9.92. The van der Waals surface area contributed by atoms with E-state index in [1.807, 2.05) is 26.0 Å². The topological polar surface area (TPSA) is 39.5 Å². The molecule has 0 amide bonds.